The van der Waals surface area contributed by atoms with Gasteiger partial charge in [0.1, 0.15) is 0 Å². The van der Waals surface area contributed by atoms with Crippen LogP contribution in [0.15, 0.2) is 23.8 Å². The Labute approximate surface area is 169 Å². The molecule has 0 nitrogen and oxygen atoms in total. The normalized spacial score (nSPS) is 24.7. The Morgan fingerprint density at radius 2 is 1.13 bits per heavy atom. The minimum atomic E-state index is -7.86. The van der Waals surface area contributed by atoms with Crippen LogP contribution in [0.3, 0.4) is 0 Å². The molecule has 0 amide bonds. The Balaban J connectivity index is 3.56. The summed E-state index contributed by atoms with van der Waals surface area (Å²) in [6.07, 6.45) is -4.94. The third-order valence-corrected chi connectivity index (χ3v) is 5.08. The van der Waals surface area contributed by atoms with Gasteiger partial charge >= 0.3 is 35.8 Å². The van der Waals surface area contributed by atoms with Gasteiger partial charge in [-0.2, -0.15) is 57.1 Å². The van der Waals surface area contributed by atoms with Crippen LogP contribution in [0.25, 0.3) is 0 Å². The molecule has 0 aromatic heterocycles. The van der Waals surface area contributed by atoms with Gasteiger partial charge in [0.25, 0.3) is 0 Å². The van der Waals surface area contributed by atoms with Crippen molar-refractivity contribution < 1.29 is 57.1 Å². The molecular weight excluding hydrogens is 463 g/mol. The molecule has 0 aliphatic heterocycles. The second-order valence-electron chi connectivity index (χ2n) is 7.69. The van der Waals surface area contributed by atoms with E-state index in [1.807, 2.05) is 0 Å². The van der Waals surface area contributed by atoms with E-state index in [9.17, 15) is 57.1 Å². The molecule has 0 saturated heterocycles. The fourth-order valence-corrected chi connectivity index (χ4v) is 3.58. The number of alkyl halides is 13. The highest BCUT2D eigenvalue weighted by Gasteiger charge is 2.91. The van der Waals surface area contributed by atoms with E-state index in [0.717, 1.165) is 6.08 Å². The predicted molar refractivity (Wildman–Crippen MR) is 84.7 cm³/mol. The van der Waals surface area contributed by atoms with E-state index in [1.165, 1.54) is 32.9 Å². The van der Waals surface area contributed by atoms with Crippen molar-refractivity contribution in [3.05, 3.63) is 23.8 Å². The molecule has 0 bridgehead atoms. The van der Waals surface area contributed by atoms with E-state index < -0.39 is 60.0 Å². The second-order valence-corrected chi connectivity index (χ2v) is 7.69. The summed E-state index contributed by atoms with van der Waals surface area (Å²) in [4.78, 5) is 0. The molecule has 1 aliphatic rings. The molecule has 3 unspecified atom stereocenters. The van der Waals surface area contributed by atoms with Gasteiger partial charge in [-0.05, 0) is 45.4 Å². The third-order valence-electron chi connectivity index (χ3n) is 5.08. The second kappa shape index (κ2) is 8.17. The average molecular weight is 482 g/mol. The molecule has 31 heavy (non-hydrogen) atoms. The van der Waals surface area contributed by atoms with Crippen LogP contribution in [0, 0.1) is 17.8 Å². The Bertz CT molecular complexity index is 696. The van der Waals surface area contributed by atoms with Gasteiger partial charge in [0, 0.05) is 5.92 Å². The fraction of sp³-hybridized carbons (Fsp3) is 0.778. The van der Waals surface area contributed by atoms with Crippen molar-refractivity contribution in [1.82, 2.24) is 0 Å². The van der Waals surface area contributed by atoms with E-state index in [1.54, 1.807) is 0 Å². The van der Waals surface area contributed by atoms with Crippen molar-refractivity contribution in [2.24, 2.45) is 17.8 Å². The zero-order valence-electron chi connectivity index (χ0n) is 16.3. The molecule has 13 heteroatoms. The van der Waals surface area contributed by atoms with Gasteiger partial charge in [-0.3, -0.25) is 0 Å². The smallest absolute Gasteiger partial charge is 0.199 e. The summed E-state index contributed by atoms with van der Waals surface area (Å²) in [5.74, 6) is -41.7. The lowest BCUT2D eigenvalue weighted by atomic mass is 9.81. The minimum Gasteiger partial charge on any atom is -0.199 e. The molecule has 0 aromatic carbocycles. The van der Waals surface area contributed by atoms with Crippen molar-refractivity contribution in [1.29, 1.82) is 0 Å². The van der Waals surface area contributed by atoms with E-state index >= 15 is 0 Å². The Morgan fingerprint density at radius 1 is 0.677 bits per heavy atom. The first-order valence-corrected chi connectivity index (χ1v) is 8.83. The van der Waals surface area contributed by atoms with Gasteiger partial charge in [0.05, 0.1) is 0 Å². The molecule has 1 fully saturated rings. The Morgan fingerprint density at radius 3 is 1.52 bits per heavy atom. The number of rotatable bonds is 7. The van der Waals surface area contributed by atoms with Crippen LogP contribution in [0.2, 0.25) is 0 Å². The van der Waals surface area contributed by atoms with Gasteiger partial charge < -0.3 is 0 Å². The molecule has 1 aliphatic carbocycles. The lowest BCUT2D eigenvalue weighted by molar-refractivity contribution is -0.443. The van der Waals surface area contributed by atoms with Crippen LogP contribution >= 0.6 is 0 Å². The minimum absolute atomic E-state index is 0.271. The SMILES string of the molecule is C/C=C/C1CC(C=C(C)C)C(C(F)(F)C(F)(F)C(F)(F)C(F)(F)C(F)(F)C(F)(F)F)C1. The highest BCUT2D eigenvalue weighted by atomic mass is 19.4. The van der Waals surface area contributed by atoms with E-state index in [4.69, 9.17) is 0 Å². The highest BCUT2D eigenvalue weighted by molar-refractivity contribution is 5.16. The van der Waals surface area contributed by atoms with Gasteiger partial charge in [-0.1, -0.05) is 23.8 Å². The zero-order valence-corrected chi connectivity index (χ0v) is 16.3. The summed E-state index contributed by atoms with van der Waals surface area (Å²) in [7, 11) is 0. The summed E-state index contributed by atoms with van der Waals surface area (Å²) < 4.78 is 174. The standard InChI is InChI=1S/C18H19F13/c1-4-5-10-7-11(6-9(2)3)12(8-10)13(19,20)14(21,22)15(23,24)16(25,26)17(27,28)18(29,30)31/h4-6,10-12H,7-8H2,1-3H3/b5-4+. The summed E-state index contributed by atoms with van der Waals surface area (Å²) in [5.41, 5.74) is 0.288. The molecule has 182 valence electrons. The third kappa shape index (κ3) is 4.29. The number of allylic oxidation sites excluding steroid dienone is 4. The van der Waals surface area contributed by atoms with Crippen LogP contribution in [-0.2, 0) is 0 Å². The molecule has 0 radical (unpaired) electrons. The van der Waals surface area contributed by atoms with Gasteiger partial charge in [0.2, 0.25) is 0 Å². The first-order valence-electron chi connectivity index (χ1n) is 8.83. The molecular formula is C18H19F13. The van der Waals surface area contributed by atoms with E-state index in [2.05, 4.69) is 0 Å². The lowest BCUT2D eigenvalue weighted by Gasteiger charge is -2.42. The monoisotopic (exact) mass is 482 g/mol. The van der Waals surface area contributed by atoms with Crippen molar-refractivity contribution in [3.63, 3.8) is 0 Å². The first-order chi connectivity index (χ1) is 13.6. The van der Waals surface area contributed by atoms with Crippen LogP contribution < -0.4 is 0 Å². The van der Waals surface area contributed by atoms with Crippen LogP contribution in [0.1, 0.15) is 33.6 Å². The Hall–Kier alpha value is -1.43. The summed E-state index contributed by atoms with van der Waals surface area (Å²) in [5, 5.41) is 0. The maximum absolute atomic E-state index is 14.6. The van der Waals surface area contributed by atoms with Crippen LogP contribution in [0.5, 0.6) is 0 Å². The van der Waals surface area contributed by atoms with E-state index in [-0.39, 0.29) is 12.0 Å². The van der Waals surface area contributed by atoms with Crippen molar-refractivity contribution in [2.45, 2.75) is 69.4 Å². The molecule has 0 heterocycles. The summed E-state index contributed by atoms with van der Waals surface area (Å²) in [6.45, 7) is 4.13. The summed E-state index contributed by atoms with van der Waals surface area (Å²) >= 11 is 0. The van der Waals surface area contributed by atoms with Crippen molar-refractivity contribution >= 4 is 0 Å². The lowest BCUT2D eigenvalue weighted by Crippen LogP contribution is -2.71. The summed E-state index contributed by atoms with van der Waals surface area (Å²) in [6, 6.07) is 0. The van der Waals surface area contributed by atoms with Gasteiger partial charge in [-0.15, -0.1) is 0 Å². The quantitative estimate of drug-likeness (QED) is 0.256. The average Bonchev–Trinajstić information content (AvgIpc) is 2.95. The number of hydrogen-bond donors (Lipinski definition) is 0. The molecule has 0 spiro atoms. The maximum Gasteiger partial charge on any atom is 0.460 e. The van der Waals surface area contributed by atoms with Crippen molar-refractivity contribution in [3.8, 4) is 0 Å². The topological polar surface area (TPSA) is 0 Å². The number of hydrogen-bond acceptors (Lipinski definition) is 0. The molecule has 3 atom stereocenters. The maximum atomic E-state index is 14.6. The highest BCUT2D eigenvalue weighted by Crippen LogP contribution is 2.63. The number of halogens is 13. The predicted octanol–water partition coefficient (Wildman–Crippen LogP) is 7.91. The largest absolute Gasteiger partial charge is 0.460 e. The van der Waals surface area contributed by atoms with E-state index in [0.29, 0.717) is 0 Å². The zero-order chi connectivity index (χ0) is 24.8. The first kappa shape index (κ1) is 27.6. The Kier molecular flexibility index (Phi) is 7.27. The molecule has 1 rings (SSSR count). The fourth-order valence-electron chi connectivity index (χ4n) is 3.58. The molecule has 0 aromatic rings. The van der Waals surface area contributed by atoms with Gasteiger partial charge in [0.15, 0.2) is 0 Å². The van der Waals surface area contributed by atoms with Crippen LogP contribution in [-0.4, -0.2) is 35.8 Å². The van der Waals surface area contributed by atoms with Crippen molar-refractivity contribution in [2.75, 3.05) is 0 Å². The van der Waals surface area contributed by atoms with Crippen LogP contribution in [0.4, 0.5) is 57.1 Å². The van der Waals surface area contributed by atoms with Gasteiger partial charge in [-0.25, -0.2) is 0 Å². The molecule has 1 saturated carbocycles. The molecule has 0 N–H and O–H groups in total.